The first-order valence-corrected chi connectivity index (χ1v) is 9.93. The second-order valence-electron chi connectivity index (χ2n) is 6.64. The predicted molar refractivity (Wildman–Crippen MR) is 110 cm³/mol. The van der Waals surface area contributed by atoms with Crippen molar-refractivity contribution >= 4 is 27.5 Å². The SMILES string of the molecule is O=C(N[C@H]1CCOc2ccccc21)c1ccc2nc(-c3ccncc3)sc2c1. The van der Waals surface area contributed by atoms with Crippen LogP contribution in [0, 0.1) is 0 Å². The highest BCUT2D eigenvalue weighted by molar-refractivity contribution is 7.21. The van der Waals surface area contributed by atoms with Gasteiger partial charge in [0.05, 0.1) is 22.9 Å². The fourth-order valence-corrected chi connectivity index (χ4v) is 4.43. The third kappa shape index (κ3) is 3.12. The number of pyridine rings is 1. The molecule has 1 amide bonds. The summed E-state index contributed by atoms with van der Waals surface area (Å²) in [5, 5.41) is 4.08. The number of amides is 1. The lowest BCUT2D eigenvalue weighted by atomic mass is 10.00. The van der Waals surface area contributed by atoms with Gasteiger partial charge in [-0.2, -0.15) is 0 Å². The Morgan fingerprint density at radius 2 is 1.96 bits per heavy atom. The number of ether oxygens (including phenoxy) is 1. The molecule has 0 saturated heterocycles. The van der Waals surface area contributed by atoms with Crippen molar-refractivity contribution in [3.05, 3.63) is 78.1 Å². The first-order valence-electron chi connectivity index (χ1n) is 9.11. The van der Waals surface area contributed by atoms with E-state index >= 15 is 0 Å². The second kappa shape index (κ2) is 7.05. The molecular weight excluding hydrogens is 370 g/mol. The fourth-order valence-electron chi connectivity index (χ4n) is 3.42. The summed E-state index contributed by atoms with van der Waals surface area (Å²) in [6.07, 6.45) is 4.27. The van der Waals surface area contributed by atoms with E-state index in [1.165, 1.54) is 0 Å². The van der Waals surface area contributed by atoms with Gasteiger partial charge in [-0.15, -0.1) is 11.3 Å². The summed E-state index contributed by atoms with van der Waals surface area (Å²) < 4.78 is 6.67. The zero-order valence-corrected chi connectivity index (χ0v) is 15.8. The van der Waals surface area contributed by atoms with Gasteiger partial charge in [-0.3, -0.25) is 9.78 Å². The second-order valence-corrected chi connectivity index (χ2v) is 7.67. The number of carbonyl (C=O) groups excluding carboxylic acids is 1. The Morgan fingerprint density at radius 3 is 2.86 bits per heavy atom. The van der Waals surface area contributed by atoms with Crippen LogP contribution in [0.2, 0.25) is 0 Å². The van der Waals surface area contributed by atoms with Crippen molar-refractivity contribution in [1.29, 1.82) is 0 Å². The lowest BCUT2D eigenvalue weighted by molar-refractivity contribution is 0.0925. The number of benzene rings is 2. The Balaban J connectivity index is 1.41. The molecule has 6 heteroatoms. The van der Waals surface area contributed by atoms with Crippen LogP contribution in [0.15, 0.2) is 67.0 Å². The number of rotatable bonds is 3. The molecule has 3 heterocycles. The predicted octanol–water partition coefficient (Wildman–Crippen LogP) is 4.61. The molecule has 0 saturated carbocycles. The number of nitrogens with one attached hydrogen (secondary N) is 1. The van der Waals surface area contributed by atoms with Crippen LogP contribution in [0.5, 0.6) is 5.75 Å². The number of fused-ring (bicyclic) bond motifs is 2. The van der Waals surface area contributed by atoms with Gasteiger partial charge in [0.25, 0.3) is 5.91 Å². The largest absolute Gasteiger partial charge is 0.493 e. The number of hydrogen-bond donors (Lipinski definition) is 1. The zero-order chi connectivity index (χ0) is 18.9. The van der Waals surface area contributed by atoms with Gasteiger partial charge in [-0.25, -0.2) is 4.98 Å². The van der Waals surface area contributed by atoms with Crippen molar-refractivity contribution in [1.82, 2.24) is 15.3 Å². The van der Waals surface area contributed by atoms with E-state index in [0.29, 0.717) is 12.2 Å². The summed E-state index contributed by atoms with van der Waals surface area (Å²) in [7, 11) is 0. The van der Waals surface area contributed by atoms with E-state index < -0.39 is 0 Å². The van der Waals surface area contributed by atoms with Gasteiger partial charge < -0.3 is 10.1 Å². The highest BCUT2D eigenvalue weighted by Crippen LogP contribution is 2.33. The number of hydrogen-bond acceptors (Lipinski definition) is 5. The summed E-state index contributed by atoms with van der Waals surface area (Å²) in [6, 6.07) is 17.4. The number of aromatic nitrogens is 2. The van der Waals surface area contributed by atoms with Crippen molar-refractivity contribution in [2.24, 2.45) is 0 Å². The molecule has 0 unspecified atom stereocenters. The van der Waals surface area contributed by atoms with E-state index in [1.54, 1.807) is 23.7 Å². The van der Waals surface area contributed by atoms with Gasteiger partial charge in [0, 0.05) is 35.5 Å². The molecule has 0 radical (unpaired) electrons. The van der Waals surface area contributed by atoms with Gasteiger partial charge in [-0.05, 0) is 36.4 Å². The molecule has 0 aliphatic carbocycles. The van der Waals surface area contributed by atoms with Crippen LogP contribution in [0.25, 0.3) is 20.8 Å². The summed E-state index contributed by atoms with van der Waals surface area (Å²) in [4.78, 5) is 21.6. The van der Waals surface area contributed by atoms with Crippen LogP contribution >= 0.6 is 11.3 Å². The summed E-state index contributed by atoms with van der Waals surface area (Å²) in [5.41, 5.74) is 3.59. The fraction of sp³-hybridized carbons (Fsp3) is 0.136. The standard InChI is InChI=1S/C22H17N3O2S/c26-21(24-17-9-12-27-19-4-2-1-3-16(17)19)15-5-6-18-20(13-15)28-22(25-18)14-7-10-23-11-8-14/h1-8,10-11,13,17H,9,12H2,(H,24,26)/t17-/m0/s1. The molecule has 4 aromatic rings. The molecule has 1 aliphatic heterocycles. The molecule has 2 aromatic heterocycles. The first-order chi connectivity index (χ1) is 13.8. The minimum absolute atomic E-state index is 0.0398. The molecule has 1 atom stereocenters. The normalized spacial score (nSPS) is 15.6. The van der Waals surface area contributed by atoms with Gasteiger partial charge in [0.15, 0.2) is 0 Å². The third-order valence-electron chi connectivity index (χ3n) is 4.84. The molecule has 5 rings (SSSR count). The van der Waals surface area contributed by atoms with E-state index in [2.05, 4.69) is 15.3 Å². The summed E-state index contributed by atoms with van der Waals surface area (Å²) in [6.45, 7) is 0.602. The summed E-state index contributed by atoms with van der Waals surface area (Å²) >= 11 is 1.58. The highest BCUT2D eigenvalue weighted by atomic mass is 32.1. The van der Waals surface area contributed by atoms with Gasteiger partial charge in [0.2, 0.25) is 0 Å². The van der Waals surface area contributed by atoms with Crippen molar-refractivity contribution in [3.8, 4) is 16.3 Å². The molecule has 1 aliphatic rings. The maximum Gasteiger partial charge on any atom is 0.251 e. The number of thiazole rings is 1. The maximum absolute atomic E-state index is 12.9. The van der Waals surface area contributed by atoms with Crippen LogP contribution in [-0.2, 0) is 0 Å². The van der Waals surface area contributed by atoms with Crippen molar-refractivity contribution < 1.29 is 9.53 Å². The monoisotopic (exact) mass is 387 g/mol. The van der Waals surface area contributed by atoms with Gasteiger partial charge >= 0.3 is 0 Å². The average molecular weight is 387 g/mol. The Bertz CT molecular complexity index is 1160. The molecule has 0 bridgehead atoms. The van der Waals surface area contributed by atoms with Crippen molar-refractivity contribution in [2.45, 2.75) is 12.5 Å². The maximum atomic E-state index is 12.9. The Kier molecular flexibility index (Phi) is 4.25. The average Bonchev–Trinajstić information content (AvgIpc) is 3.18. The molecule has 1 N–H and O–H groups in total. The molecule has 138 valence electrons. The van der Waals surface area contributed by atoms with Crippen LogP contribution in [0.3, 0.4) is 0 Å². The van der Waals surface area contributed by atoms with Gasteiger partial charge in [-0.1, -0.05) is 18.2 Å². The van der Waals surface area contributed by atoms with Gasteiger partial charge in [0.1, 0.15) is 10.8 Å². The summed E-state index contributed by atoms with van der Waals surface area (Å²) in [5.74, 6) is 0.765. The molecule has 5 nitrogen and oxygen atoms in total. The van der Waals surface area contributed by atoms with E-state index in [9.17, 15) is 4.79 Å². The zero-order valence-electron chi connectivity index (χ0n) is 15.0. The molecule has 0 spiro atoms. The molecule has 0 fully saturated rings. The Morgan fingerprint density at radius 1 is 1.11 bits per heavy atom. The minimum atomic E-state index is -0.0811. The molecule has 2 aromatic carbocycles. The number of nitrogens with zero attached hydrogens (tertiary/aromatic N) is 2. The van der Waals surface area contributed by atoms with E-state index in [4.69, 9.17) is 4.74 Å². The van der Waals surface area contributed by atoms with E-state index in [0.717, 1.165) is 38.5 Å². The van der Waals surface area contributed by atoms with Crippen LogP contribution < -0.4 is 10.1 Å². The van der Waals surface area contributed by atoms with Crippen molar-refractivity contribution in [3.63, 3.8) is 0 Å². The Labute approximate surface area is 166 Å². The number of para-hydroxylation sites is 1. The molecular formula is C22H17N3O2S. The number of carbonyl (C=O) groups is 1. The first kappa shape index (κ1) is 16.9. The third-order valence-corrected chi connectivity index (χ3v) is 5.91. The minimum Gasteiger partial charge on any atom is -0.493 e. The molecule has 28 heavy (non-hydrogen) atoms. The lowest BCUT2D eigenvalue weighted by Gasteiger charge is -2.26. The quantitative estimate of drug-likeness (QED) is 0.557. The van der Waals surface area contributed by atoms with E-state index in [-0.39, 0.29) is 11.9 Å². The van der Waals surface area contributed by atoms with Crippen LogP contribution in [0.4, 0.5) is 0 Å². The van der Waals surface area contributed by atoms with Crippen LogP contribution in [-0.4, -0.2) is 22.5 Å². The van der Waals surface area contributed by atoms with E-state index in [1.807, 2.05) is 54.6 Å². The topological polar surface area (TPSA) is 64.1 Å². The smallest absolute Gasteiger partial charge is 0.251 e. The highest BCUT2D eigenvalue weighted by Gasteiger charge is 2.23. The van der Waals surface area contributed by atoms with Crippen molar-refractivity contribution in [2.75, 3.05) is 6.61 Å². The lowest BCUT2D eigenvalue weighted by Crippen LogP contribution is -2.32. The Hall–Kier alpha value is -3.25. The van der Waals surface area contributed by atoms with Crippen LogP contribution in [0.1, 0.15) is 28.4 Å².